The maximum Gasteiger partial charge on any atom is 0.174 e. The van der Waals surface area contributed by atoms with Crippen molar-refractivity contribution in [2.24, 2.45) is 0 Å². The van der Waals surface area contributed by atoms with Crippen LogP contribution in [0.3, 0.4) is 0 Å². The van der Waals surface area contributed by atoms with Crippen molar-refractivity contribution in [2.45, 2.75) is 26.4 Å². The number of halogens is 1. The number of hydrogen-bond acceptors (Lipinski definition) is 3. The van der Waals surface area contributed by atoms with E-state index in [0.29, 0.717) is 0 Å². The monoisotopic (exact) mass is 370 g/mol. The second-order valence-electron chi connectivity index (χ2n) is 5.91. The number of benzene rings is 2. The van der Waals surface area contributed by atoms with E-state index in [1.54, 1.807) is 0 Å². The Hall–Kier alpha value is -1.83. The molecule has 1 aliphatic rings. The van der Waals surface area contributed by atoms with E-state index in [2.05, 4.69) is 52.0 Å². The third-order valence-corrected chi connectivity index (χ3v) is 4.70. The summed E-state index contributed by atoms with van der Waals surface area (Å²) in [5.41, 5.74) is 5.56. The smallest absolute Gasteiger partial charge is 0.174 e. The van der Waals surface area contributed by atoms with Gasteiger partial charge in [-0.2, -0.15) is 5.26 Å². The molecule has 1 heterocycles. The van der Waals surface area contributed by atoms with E-state index < -0.39 is 0 Å². The Morgan fingerprint density at radius 2 is 2.04 bits per heavy atom. The standard InChI is InChI=1S/C19H19BrN2O/c1-14-10-17(20)11-16-6-8-22(13-19(14)16)12-15-2-4-18(5-3-15)23-9-7-21/h2-5,10-11H,6,8-9,12-13H2,1H3. The molecule has 3 rings (SSSR count). The van der Waals surface area contributed by atoms with Gasteiger partial charge in [0.25, 0.3) is 0 Å². The molecule has 3 nitrogen and oxygen atoms in total. The maximum absolute atomic E-state index is 8.53. The Kier molecular flexibility index (Phi) is 5.00. The second kappa shape index (κ2) is 7.16. The Bertz CT molecular complexity index is 734. The largest absolute Gasteiger partial charge is 0.479 e. The van der Waals surface area contributed by atoms with Crippen molar-refractivity contribution in [3.8, 4) is 11.8 Å². The highest BCUT2D eigenvalue weighted by Crippen LogP contribution is 2.27. The molecule has 0 saturated carbocycles. The zero-order valence-corrected chi connectivity index (χ0v) is 14.8. The van der Waals surface area contributed by atoms with Gasteiger partial charge in [0.1, 0.15) is 11.8 Å². The molecule has 0 amide bonds. The molecular formula is C19H19BrN2O. The molecule has 118 valence electrons. The molecule has 0 aromatic heterocycles. The number of ether oxygens (including phenoxy) is 1. The summed E-state index contributed by atoms with van der Waals surface area (Å²) in [6.07, 6.45) is 1.10. The van der Waals surface area contributed by atoms with Crippen molar-refractivity contribution in [1.29, 1.82) is 5.26 Å². The Morgan fingerprint density at radius 1 is 1.26 bits per heavy atom. The Morgan fingerprint density at radius 3 is 2.78 bits per heavy atom. The zero-order valence-electron chi connectivity index (χ0n) is 13.2. The lowest BCUT2D eigenvalue weighted by molar-refractivity contribution is 0.245. The first-order valence-electron chi connectivity index (χ1n) is 7.74. The first kappa shape index (κ1) is 16.0. The molecule has 0 radical (unpaired) electrons. The summed E-state index contributed by atoms with van der Waals surface area (Å²) in [7, 11) is 0. The minimum atomic E-state index is 0.0943. The summed E-state index contributed by atoms with van der Waals surface area (Å²) >= 11 is 3.59. The topological polar surface area (TPSA) is 36.3 Å². The summed E-state index contributed by atoms with van der Waals surface area (Å²) < 4.78 is 6.47. The molecule has 23 heavy (non-hydrogen) atoms. The molecule has 1 aliphatic heterocycles. The van der Waals surface area contributed by atoms with Crippen LogP contribution in [-0.2, 0) is 19.5 Å². The normalized spacial score (nSPS) is 14.1. The first-order chi connectivity index (χ1) is 11.2. The van der Waals surface area contributed by atoms with Gasteiger partial charge in [0, 0.05) is 24.1 Å². The summed E-state index contributed by atoms with van der Waals surface area (Å²) in [6, 6.07) is 14.5. The molecule has 0 spiro atoms. The molecule has 0 aliphatic carbocycles. The molecule has 0 fully saturated rings. The number of nitrogens with zero attached hydrogens (tertiary/aromatic N) is 2. The summed E-state index contributed by atoms with van der Waals surface area (Å²) in [5, 5.41) is 8.53. The molecule has 0 N–H and O–H groups in total. The van der Waals surface area contributed by atoms with Gasteiger partial charge in [-0.25, -0.2) is 0 Å². The van der Waals surface area contributed by atoms with Crippen molar-refractivity contribution in [2.75, 3.05) is 13.2 Å². The van der Waals surface area contributed by atoms with E-state index in [0.717, 1.165) is 31.8 Å². The molecule has 0 unspecified atom stereocenters. The fraction of sp³-hybridized carbons (Fsp3) is 0.316. The minimum absolute atomic E-state index is 0.0943. The van der Waals surface area contributed by atoms with Gasteiger partial charge in [-0.15, -0.1) is 0 Å². The van der Waals surface area contributed by atoms with E-state index in [-0.39, 0.29) is 6.61 Å². The van der Waals surface area contributed by atoms with Gasteiger partial charge in [-0.3, -0.25) is 4.90 Å². The summed E-state index contributed by atoms with van der Waals surface area (Å²) in [4.78, 5) is 2.48. The number of fused-ring (bicyclic) bond motifs is 1. The van der Waals surface area contributed by atoms with Gasteiger partial charge < -0.3 is 4.74 Å². The molecular weight excluding hydrogens is 352 g/mol. The van der Waals surface area contributed by atoms with Crippen molar-refractivity contribution in [1.82, 2.24) is 4.90 Å². The van der Waals surface area contributed by atoms with Crippen molar-refractivity contribution < 1.29 is 4.74 Å². The third-order valence-electron chi connectivity index (χ3n) is 4.24. The number of nitriles is 1. The number of rotatable bonds is 4. The quantitative estimate of drug-likeness (QED) is 0.808. The van der Waals surface area contributed by atoms with Crippen LogP contribution in [0.15, 0.2) is 40.9 Å². The molecule has 0 bridgehead atoms. The average Bonchev–Trinajstić information content (AvgIpc) is 2.55. The van der Waals surface area contributed by atoms with Crippen LogP contribution in [-0.4, -0.2) is 18.1 Å². The minimum Gasteiger partial charge on any atom is -0.479 e. The fourth-order valence-corrected chi connectivity index (χ4v) is 3.69. The van der Waals surface area contributed by atoms with Gasteiger partial charge >= 0.3 is 0 Å². The van der Waals surface area contributed by atoms with E-state index in [1.807, 2.05) is 18.2 Å². The van der Waals surface area contributed by atoms with E-state index in [1.165, 1.54) is 26.7 Å². The van der Waals surface area contributed by atoms with Gasteiger partial charge in [-0.05, 0) is 59.9 Å². The third kappa shape index (κ3) is 3.93. The van der Waals surface area contributed by atoms with Crippen LogP contribution >= 0.6 is 15.9 Å². The lowest BCUT2D eigenvalue weighted by atomic mass is 9.95. The van der Waals surface area contributed by atoms with Crippen LogP contribution < -0.4 is 4.74 Å². The van der Waals surface area contributed by atoms with Gasteiger partial charge in [0.2, 0.25) is 0 Å². The highest BCUT2D eigenvalue weighted by molar-refractivity contribution is 9.10. The Balaban J connectivity index is 1.66. The fourth-order valence-electron chi connectivity index (χ4n) is 3.07. The van der Waals surface area contributed by atoms with Crippen LogP contribution in [0.1, 0.15) is 22.3 Å². The van der Waals surface area contributed by atoms with Crippen LogP contribution in [0.4, 0.5) is 0 Å². The summed E-state index contributed by atoms with van der Waals surface area (Å²) in [6.45, 7) is 5.30. The van der Waals surface area contributed by atoms with Crippen molar-refractivity contribution >= 4 is 15.9 Å². The second-order valence-corrected chi connectivity index (χ2v) is 6.83. The van der Waals surface area contributed by atoms with E-state index >= 15 is 0 Å². The maximum atomic E-state index is 8.53. The number of hydrogen-bond donors (Lipinski definition) is 0. The van der Waals surface area contributed by atoms with E-state index in [9.17, 15) is 0 Å². The Labute approximate surface area is 145 Å². The van der Waals surface area contributed by atoms with Crippen LogP contribution in [0, 0.1) is 18.3 Å². The highest BCUT2D eigenvalue weighted by Gasteiger charge is 2.18. The molecule has 4 heteroatoms. The van der Waals surface area contributed by atoms with Gasteiger partial charge in [0.15, 0.2) is 6.61 Å². The molecule has 2 aromatic carbocycles. The predicted octanol–water partition coefficient (Wildman–Crippen LogP) is 4.22. The predicted molar refractivity (Wildman–Crippen MR) is 94.2 cm³/mol. The first-order valence-corrected chi connectivity index (χ1v) is 8.54. The highest BCUT2D eigenvalue weighted by atomic mass is 79.9. The van der Waals surface area contributed by atoms with Crippen LogP contribution in [0.2, 0.25) is 0 Å². The molecule has 0 atom stereocenters. The summed E-state index contributed by atoms with van der Waals surface area (Å²) in [5.74, 6) is 0.750. The lowest BCUT2D eigenvalue weighted by Crippen LogP contribution is -2.30. The van der Waals surface area contributed by atoms with Crippen molar-refractivity contribution in [3.05, 3.63) is 63.1 Å². The number of aryl methyl sites for hydroxylation is 1. The van der Waals surface area contributed by atoms with Crippen LogP contribution in [0.25, 0.3) is 0 Å². The van der Waals surface area contributed by atoms with Crippen molar-refractivity contribution in [3.63, 3.8) is 0 Å². The SMILES string of the molecule is Cc1cc(Br)cc2c1CN(Cc1ccc(OCC#N)cc1)CC2. The lowest BCUT2D eigenvalue weighted by Gasteiger charge is -2.30. The average molecular weight is 371 g/mol. The van der Waals surface area contributed by atoms with E-state index in [4.69, 9.17) is 10.00 Å². The zero-order chi connectivity index (χ0) is 16.2. The van der Waals surface area contributed by atoms with Gasteiger partial charge in [-0.1, -0.05) is 28.1 Å². The molecule has 0 saturated heterocycles. The van der Waals surface area contributed by atoms with Crippen LogP contribution in [0.5, 0.6) is 5.75 Å². The molecule has 2 aromatic rings. The van der Waals surface area contributed by atoms with Gasteiger partial charge in [0.05, 0.1) is 0 Å².